The molecule has 2 saturated heterocycles. The number of fused-ring (bicyclic) bond motifs is 2. The highest BCUT2D eigenvalue weighted by Gasteiger charge is 2.21. The molecule has 8 rings (SSSR count). The molecule has 0 unspecified atom stereocenters. The first-order chi connectivity index (χ1) is 28.4. The fourth-order valence-electron chi connectivity index (χ4n) is 7.92. The van der Waals surface area contributed by atoms with E-state index in [4.69, 9.17) is 10.2 Å². The number of aryl methyl sites for hydroxylation is 2. The average molecular weight is 817 g/mol. The summed E-state index contributed by atoms with van der Waals surface area (Å²) in [5.41, 5.74) is 5.54. The summed E-state index contributed by atoms with van der Waals surface area (Å²) in [6.45, 7) is 7.44. The number of aromatic nitrogens is 2. The van der Waals surface area contributed by atoms with Crippen molar-refractivity contribution in [3.63, 3.8) is 0 Å². The minimum Gasteiger partial charge on any atom is -0.478 e. The summed E-state index contributed by atoms with van der Waals surface area (Å²) < 4.78 is 12.0. The molecule has 6 aromatic rings. The SMILES string of the molecule is O=C(O)/C=C\C(=O)O.c1ccc(CCN2CCC(CCc3nsc4ccccc34)CC2)cc1.c1ccc(CCN2CCC(CCc3nsc4ccccc34)CC2)cc1. The second kappa shape index (κ2) is 23.0. The van der Waals surface area contributed by atoms with Crippen LogP contribution in [0.3, 0.4) is 0 Å². The maximum Gasteiger partial charge on any atom is 0.328 e. The molecule has 0 bridgehead atoms. The van der Waals surface area contributed by atoms with Gasteiger partial charge >= 0.3 is 11.9 Å². The van der Waals surface area contributed by atoms with Crippen molar-refractivity contribution in [1.82, 2.24) is 18.5 Å². The molecule has 0 atom stereocenters. The third kappa shape index (κ3) is 14.0. The van der Waals surface area contributed by atoms with E-state index >= 15 is 0 Å². The largest absolute Gasteiger partial charge is 0.478 e. The standard InChI is InChI=1S/2C22H26N2S.C4H4O4/c2*1-2-6-18(7-3-1)12-15-24-16-13-19(14-17-24)10-11-21-20-8-4-5-9-22(20)25-23-21;5-3(6)1-2-4(7)8/h2*1-9,19H,10-17H2;1-2H,(H,5,6)(H,7,8)/b;;2-1-. The molecule has 4 heterocycles. The van der Waals surface area contributed by atoms with E-state index in [1.165, 1.54) is 133 Å². The van der Waals surface area contributed by atoms with E-state index in [0.717, 1.165) is 24.7 Å². The van der Waals surface area contributed by atoms with Crippen molar-refractivity contribution >= 4 is 55.2 Å². The number of carbonyl (C=O) groups is 2. The molecule has 4 aromatic carbocycles. The Hall–Kier alpha value is -4.74. The van der Waals surface area contributed by atoms with Gasteiger partial charge in [0.05, 0.1) is 20.8 Å². The van der Waals surface area contributed by atoms with E-state index in [1.807, 2.05) is 0 Å². The number of carboxylic acid groups (broad SMARTS) is 2. The number of hydrogen-bond donors (Lipinski definition) is 2. The number of nitrogens with zero attached hydrogens (tertiary/aromatic N) is 4. The van der Waals surface area contributed by atoms with Crippen LogP contribution in [0.4, 0.5) is 0 Å². The number of carboxylic acids is 2. The van der Waals surface area contributed by atoms with Gasteiger partial charge in [-0.05, 0) is 149 Å². The van der Waals surface area contributed by atoms with Crippen molar-refractivity contribution < 1.29 is 19.8 Å². The average Bonchev–Trinajstić information content (AvgIpc) is 3.89. The van der Waals surface area contributed by atoms with Crippen molar-refractivity contribution in [2.24, 2.45) is 11.8 Å². The van der Waals surface area contributed by atoms with E-state index < -0.39 is 11.9 Å². The van der Waals surface area contributed by atoms with Crippen molar-refractivity contribution in [1.29, 1.82) is 0 Å². The van der Waals surface area contributed by atoms with Crippen LogP contribution in [0.25, 0.3) is 20.2 Å². The molecule has 58 heavy (non-hydrogen) atoms. The molecule has 2 aliphatic rings. The Morgan fingerprint density at radius 2 is 0.897 bits per heavy atom. The van der Waals surface area contributed by atoms with Crippen LogP contribution in [-0.4, -0.2) is 80.0 Å². The Morgan fingerprint density at radius 3 is 1.28 bits per heavy atom. The summed E-state index contributed by atoms with van der Waals surface area (Å²) in [5, 5.41) is 18.4. The normalized spacial score (nSPS) is 15.5. The highest BCUT2D eigenvalue weighted by molar-refractivity contribution is 7.13. The minimum atomic E-state index is -1.26. The van der Waals surface area contributed by atoms with Gasteiger partial charge in [-0.1, -0.05) is 97.1 Å². The molecular formula is C48H56N4O4S2. The van der Waals surface area contributed by atoms with Gasteiger partial charge in [-0.2, -0.15) is 8.75 Å². The summed E-state index contributed by atoms with van der Waals surface area (Å²) in [5.74, 6) is -0.776. The smallest absolute Gasteiger partial charge is 0.328 e. The predicted octanol–water partition coefficient (Wildman–Crippen LogP) is 10.1. The van der Waals surface area contributed by atoms with Gasteiger partial charge in [0.25, 0.3) is 0 Å². The molecular weight excluding hydrogens is 761 g/mol. The van der Waals surface area contributed by atoms with Gasteiger partial charge in [0.2, 0.25) is 0 Å². The van der Waals surface area contributed by atoms with Crippen LogP contribution in [-0.2, 0) is 35.3 Å². The topological polar surface area (TPSA) is 107 Å². The first-order valence-electron chi connectivity index (χ1n) is 20.7. The lowest BCUT2D eigenvalue weighted by Crippen LogP contribution is -2.35. The van der Waals surface area contributed by atoms with Gasteiger partial charge in [0.15, 0.2) is 0 Å². The van der Waals surface area contributed by atoms with Crippen molar-refractivity contribution in [2.75, 3.05) is 39.3 Å². The lowest BCUT2D eigenvalue weighted by atomic mass is 9.91. The first-order valence-corrected chi connectivity index (χ1v) is 22.3. The Balaban J connectivity index is 0.000000165. The van der Waals surface area contributed by atoms with Crippen molar-refractivity contribution in [3.05, 3.63) is 144 Å². The number of hydrogen-bond acceptors (Lipinski definition) is 8. The first kappa shape index (κ1) is 42.9. The third-order valence-electron chi connectivity index (χ3n) is 11.4. The second-order valence-electron chi connectivity index (χ2n) is 15.4. The van der Waals surface area contributed by atoms with Crippen LogP contribution >= 0.6 is 23.1 Å². The molecule has 0 radical (unpaired) electrons. The molecule has 10 heteroatoms. The molecule has 304 valence electrons. The number of piperidine rings is 2. The van der Waals surface area contributed by atoms with Crippen LogP contribution in [0.1, 0.15) is 61.0 Å². The highest BCUT2D eigenvalue weighted by Crippen LogP contribution is 2.29. The molecule has 2 aromatic heterocycles. The van der Waals surface area contributed by atoms with E-state index in [1.54, 1.807) is 23.1 Å². The number of aliphatic carboxylic acids is 2. The van der Waals surface area contributed by atoms with Gasteiger partial charge in [0.1, 0.15) is 0 Å². The Morgan fingerprint density at radius 1 is 0.534 bits per heavy atom. The fourth-order valence-corrected chi connectivity index (χ4v) is 9.57. The zero-order valence-electron chi connectivity index (χ0n) is 33.3. The van der Waals surface area contributed by atoms with Gasteiger partial charge < -0.3 is 20.0 Å². The van der Waals surface area contributed by atoms with Crippen molar-refractivity contribution in [3.8, 4) is 0 Å². The molecule has 2 N–H and O–H groups in total. The molecule has 0 saturated carbocycles. The highest BCUT2D eigenvalue weighted by atomic mass is 32.1. The van der Waals surface area contributed by atoms with Crippen LogP contribution in [0.2, 0.25) is 0 Å². The summed E-state index contributed by atoms with van der Waals surface area (Å²) in [6, 6.07) is 39.0. The van der Waals surface area contributed by atoms with Gasteiger partial charge in [-0.25, -0.2) is 9.59 Å². The maximum atomic E-state index is 9.55. The third-order valence-corrected chi connectivity index (χ3v) is 13.1. The Bertz CT molecular complexity index is 2000. The zero-order valence-corrected chi connectivity index (χ0v) is 35.0. The van der Waals surface area contributed by atoms with Crippen molar-refractivity contribution in [2.45, 2.75) is 64.2 Å². The number of likely N-dealkylation sites (tertiary alicyclic amines) is 2. The van der Waals surface area contributed by atoms with E-state index in [0.29, 0.717) is 12.2 Å². The summed E-state index contributed by atoms with van der Waals surface area (Å²) in [6.07, 6.45) is 13.7. The maximum absolute atomic E-state index is 9.55. The van der Waals surface area contributed by atoms with E-state index in [-0.39, 0.29) is 0 Å². The molecule has 0 aliphatic carbocycles. The molecule has 8 nitrogen and oxygen atoms in total. The summed E-state index contributed by atoms with van der Waals surface area (Å²) >= 11 is 3.29. The minimum absolute atomic E-state index is 0.558. The van der Waals surface area contributed by atoms with Crippen LogP contribution < -0.4 is 0 Å². The van der Waals surface area contributed by atoms with Gasteiger partial charge in [-0.15, -0.1) is 0 Å². The summed E-state index contributed by atoms with van der Waals surface area (Å²) in [4.78, 5) is 24.4. The van der Waals surface area contributed by atoms with Crippen LogP contribution in [0.5, 0.6) is 0 Å². The Kier molecular flexibility index (Phi) is 17.0. The molecule has 0 spiro atoms. The van der Waals surface area contributed by atoms with E-state index in [9.17, 15) is 9.59 Å². The number of benzene rings is 4. The molecule has 0 amide bonds. The molecule has 2 fully saturated rings. The van der Waals surface area contributed by atoms with E-state index in [2.05, 4.69) is 128 Å². The second-order valence-corrected chi connectivity index (χ2v) is 17.0. The van der Waals surface area contributed by atoms with Gasteiger partial charge in [-0.3, -0.25) is 0 Å². The number of rotatable bonds is 14. The lowest BCUT2D eigenvalue weighted by Gasteiger charge is -2.32. The fraction of sp³-hybridized carbons (Fsp3) is 0.375. The zero-order chi connectivity index (χ0) is 40.4. The van der Waals surface area contributed by atoms with Crippen LogP contribution in [0.15, 0.2) is 121 Å². The quantitative estimate of drug-likeness (QED) is 0.105. The predicted molar refractivity (Wildman–Crippen MR) is 239 cm³/mol. The lowest BCUT2D eigenvalue weighted by molar-refractivity contribution is -0.134. The van der Waals surface area contributed by atoms with Gasteiger partial charge in [0, 0.05) is 36.0 Å². The molecule has 2 aliphatic heterocycles. The Labute approximate surface area is 351 Å². The monoisotopic (exact) mass is 816 g/mol. The van der Waals surface area contributed by atoms with Crippen LogP contribution in [0, 0.1) is 11.8 Å². The summed E-state index contributed by atoms with van der Waals surface area (Å²) in [7, 11) is 0.